The number of rotatable bonds is 3. The van der Waals surface area contributed by atoms with Crippen molar-refractivity contribution >= 4 is 5.91 Å². The van der Waals surface area contributed by atoms with Crippen molar-refractivity contribution < 1.29 is 4.79 Å². The largest absolute Gasteiger partial charge is 0.354 e. The molecular weight excluding hydrogens is 200 g/mol. The summed E-state index contributed by atoms with van der Waals surface area (Å²) in [5.74, 6) is 0.152. The zero-order valence-electron chi connectivity index (χ0n) is 9.84. The van der Waals surface area contributed by atoms with Crippen LogP contribution in [-0.4, -0.2) is 18.5 Å². The van der Waals surface area contributed by atoms with Crippen LogP contribution in [-0.2, 0) is 11.3 Å². The standard InChI is InChI=1S/C13H18N2O/c1-9-4-3-5-10(2)12(9)8-14-11-6-13(16)15-7-11/h3-5,11,14H,6-8H2,1-2H3,(H,15,16). The van der Waals surface area contributed by atoms with Gasteiger partial charge in [0.2, 0.25) is 5.91 Å². The van der Waals surface area contributed by atoms with Crippen molar-refractivity contribution in [3.8, 4) is 0 Å². The van der Waals surface area contributed by atoms with Gasteiger partial charge in [0.05, 0.1) is 0 Å². The Kier molecular flexibility index (Phi) is 3.25. The van der Waals surface area contributed by atoms with Gasteiger partial charge in [-0.05, 0) is 30.5 Å². The molecule has 2 rings (SSSR count). The Labute approximate surface area is 96.2 Å². The van der Waals surface area contributed by atoms with Crippen LogP contribution in [0.3, 0.4) is 0 Å². The molecule has 0 radical (unpaired) electrons. The van der Waals surface area contributed by atoms with E-state index in [1.54, 1.807) is 0 Å². The predicted molar refractivity (Wildman–Crippen MR) is 64.2 cm³/mol. The minimum Gasteiger partial charge on any atom is -0.354 e. The Morgan fingerprint density at radius 2 is 2.06 bits per heavy atom. The third-order valence-corrected chi connectivity index (χ3v) is 3.19. The summed E-state index contributed by atoms with van der Waals surface area (Å²) in [4.78, 5) is 11.0. The first kappa shape index (κ1) is 11.1. The van der Waals surface area contributed by atoms with Crippen LogP contribution in [0, 0.1) is 13.8 Å². The zero-order valence-corrected chi connectivity index (χ0v) is 9.84. The van der Waals surface area contributed by atoms with E-state index in [4.69, 9.17) is 0 Å². The van der Waals surface area contributed by atoms with Crippen LogP contribution in [0.25, 0.3) is 0 Å². The van der Waals surface area contributed by atoms with Crippen LogP contribution in [0.4, 0.5) is 0 Å². The number of amides is 1. The lowest BCUT2D eigenvalue weighted by Crippen LogP contribution is -2.30. The number of nitrogens with one attached hydrogen (secondary N) is 2. The number of hydrogen-bond donors (Lipinski definition) is 2. The Morgan fingerprint density at radius 3 is 2.62 bits per heavy atom. The van der Waals surface area contributed by atoms with Crippen LogP contribution >= 0.6 is 0 Å². The first-order valence-electron chi connectivity index (χ1n) is 5.72. The lowest BCUT2D eigenvalue weighted by molar-refractivity contribution is -0.119. The molecule has 0 spiro atoms. The fraction of sp³-hybridized carbons (Fsp3) is 0.462. The Hall–Kier alpha value is -1.35. The van der Waals surface area contributed by atoms with Crippen molar-refractivity contribution in [2.75, 3.05) is 6.54 Å². The average Bonchev–Trinajstić information content (AvgIpc) is 2.63. The minimum absolute atomic E-state index is 0.152. The van der Waals surface area contributed by atoms with Gasteiger partial charge in [-0.2, -0.15) is 0 Å². The molecule has 1 saturated heterocycles. The fourth-order valence-electron chi connectivity index (χ4n) is 2.12. The first-order valence-corrected chi connectivity index (χ1v) is 5.72. The average molecular weight is 218 g/mol. The molecule has 0 aliphatic carbocycles. The van der Waals surface area contributed by atoms with Gasteiger partial charge in [0, 0.05) is 25.6 Å². The highest BCUT2D eigenvalue weighted by atomic mass is 16.1. The molecule has 1 aliphatic rings. The Morgan fingerprint density at radius 1 is 1.38 bits per heavy atom. The Bertz CT molecular complexity index is 381. The first-order chi connectivity index (χ1) is 7.66. The van der Waals surface area contributed by atoms with Crippen LogP contribution < -0.4 is 10.6 Å². The SMILES string of the molecule is Cc1cccc(C)c1CNC1CNC(=O)C1. The summed E-state index contributed by atoms with van der Waals surface area (Å²) < 4.78 is 0. The van der Waals surface area contributed by atoms with Gasteiger partial charge in [-0.1, -0.05) is 18.2 Å². The fourth-order valence-corrected chi connectivity index (χ4v) is 2.12. The molecule has 3 heteroatoms. The van der Waals surface area contributed by atoms with E-state index < -0.39 is 0 Å². The van der Waals surface area contributed by atoms with Gasteiger partial charge in [0.25, 0.3) is 0 Å². The molecule has 1 atom stereocenters. The van der Waals surface area contributed by atoms with Gasteiger partial charge < -0.3 is 10.6 Å². The molecule has 2 N–H and O–H groups in total. The molecule has 1 amide bonds. The molecular formula is C13H18N2O. The van der Waals surface area contributed by atoms with E-state index in [2.05, 4.69) is 42.7 Å². The summed E-state index contributed by atoms with van der Waals surface area (Å²) in [6, 6.07) is 6.62. The summed E-state index contributed by atoms with van der Waals surface area (Å²) in [5, 5.41) is 6.26. The molecule has 0 aromatic heterocycles. The number of benzene rings is 1. The van der Waals surface area contributed by atoms with Gasteiger partial charge in [-0.15, -0.1) is 0 Å². The molecule has 1 aromatic rings. The number of carbonyl (C=O) groups is 1. The molecule has 1 aromatic carbocycles. The van der Waals surface area contributed by atoms with E-state index in [1.165, 1.54) is 16.7 Å². The minimum atomic E-state index is 0.152. The van der Waals surface area contributed by atoms with E-state index in [9.17, 15) is 4.79 Å². The van der Waals surface area contributed by atoms with Crippen molar-refractivity contribution in [2.45, 2.75) is 32.9 Å². The third kappa shape index (κ3) is 2.42. The molecule has 0 saturated carbocycles. The highest BCUT2D eigenvalue weighted by Crippen LogP contribution is 2.13. The van der Waals surface area contributed by atoms with Crippen LogP contribution in [0.2, 0.25) is 0 Å². The van der Waals surface area contributed by atoms with E-state index >= 15 is 0 Å². The maximum Gasteiger partial charge on any atom is 0.221 e. The maximum atomic E-state index is 11.0. The van der Waals surface area contributed by atoms with Gasteiger partial charge in [0.1, 0.15) is 0 Å². The summed E-state index contributed by atoms with van der Waals surface area (Å²) in [5.41, 5.74) is 3.97. The van der Waals surface area contributed by atoms with Crippen molar-refractivity contribution in [1.29, 1.82) is 0 Å². The van der Waals surface area contributed by atoms with Gasteiger partial charge in [0.15, 0.2) is 0 Å². The molecule has 0 bridgehead atoms. The van der Waals surface area contributed by atoms with Crippen molar-refractivity contribution in [2.24, 2.45) is 0 Å². The van der Waals surface area contributed by atoms with Crippen LogP contribution in [0.5, 0.6) is 0 Å². The van der Waals surface area contributed by atoms with E-state index in [0.29, 0.717) is 6.42 Å². The van der Waals surface area contributed by atoms with Crippen LogP contribution in [0.15, 0.2) is 18.2 Å². The second-order valence-electron chi connectivity index (χ2n) is 4.46. The second-order valence-corrected chi connectivity index (χ2v) is 4.46. The number of aryl methyl sites for hydroxylation is 2. The lowest BCUT2D eigenvalue weighted by atomic mass is 10.0. The molecule has 3 nitrogen and oxygen atoms in total. The van der Waals surface area contributed by atoms with E-state index in [1.807, 2.05) is 0 Å². The molecule has 1 fully saturated rings. The second kappa shape index (κ2) is 4.66. The van der Waals surface area contributed by atoms with E-state index in [-0.39, 0.29) is 11.9 Å². The maximum absolute atomic E-state index is 11.0. The van der Waals surface area contributed by atoms with Gasteiger partial charge in [-0.25, -0.2) is 0 Å². The van der Waals surface area contributed by atoms with E-state index in [0.717, 1.165) is 13.1 Å². The normalized spacial score (nSPS) is 19.9. The molecule has 1 unspecified atom stereocenters. The predicted octanol–water partition coefficient (Wildman–Crippen LogP) is 1.28. The smallest absolute Gasteiger partial charge is 0.221 e. The van der Waals surface area contributed by atoms with Gasteiger partial charge in [-0.3, -0.25) is 4.79 Å². The molecule has 1 aliphatic heterocycles. The highest BCUT2D eigenvalue weighted by Gasteiger charge is 2.20. The topological polar surface area (TPSA) is 41.1 Å². The van der Waals surface area contributed by atoms with Crippen molar-refractivity contribution in [3.63, 3.8) is 0 Å². The van der Waals surface area contributed by atoms with Crippen molar-refractivity contribution in [3.05, 3.63) is 34.9 Å². The summed E-state index contributed by atoms with van der Waals surface area (Å²) in [6.45, 7) is 5.85. The molecule has 16 heavy (non-hydrogen) atoms. The summed E-state index contributed by atoms with van der Waals surface area (Å²) >= 11 is 0. The van der Waals surface area contributed by atoms with Gasteiger partial charge >= 0.3 is 0 Å². The quantitative estimate of drug-likeness (QED) is 0.802. The van der Waals surface area contributed by atoms with Crippen molar-refractivity contribution in [1.82, 2.24) is 10.6 Å². The van der Waals surface area contributed by atoms with Crippen LogP contribution in [0.1, 0.15) is 23.1 Å². The zero-order chi connectivity index (χ0) is 11.5. The highest BCUT2D eigenvalue weighted by molar-refractivity contribution is 5.78. The molecule has 86 valence electrons. The summed E-state index contributed by atoms with van der Waals surface area (Å²) in [7, 11) is 0. The summed E-state index contributed by atoms with van der Waals surface area (Å²) in [6.07, 6.45) is 0.602. The third-order valence-electron chi connectivity index (χ3n) is 3.19. The Balaban J connectivity index is 1.97. The number of carbonyl (C=O) groups excluding carboxylic acids is 1. The lowest BCUT2D eigenvalue weighted by Gasteiger charge is -2.14. The number of hydrogen-bond acceptors (Lipinski definition) is 2. The molecule has 1 heterocycles. The monoisotopic (exact) mass is 218 g/mol.